The smallest absolute Gasteiger partial charge is 0.359 e. The van der Waals surface area contributed by atoms with Gasteiger partial charge in [0.25, 0.3) is 0 Å². The number of ether oxygens (including phenoxy) is 2. The Morgan fingerprint density at radius 2 is 2.05 bits per heavy atom. The standard InChI is InChI=1S/C13H20N2O4/c1-5-6-9-7-10(15-14-9)12(17)18-8-11(16)19-13(2,3)4/h7H,5-6,8H2,1-4H3,(H,14,15). The van der Waals surface area contributed by atoms with Gasteiger partial charge in [0.05, 0.1) is 0 Å². The molecule has 6 heteroatoms. The maximum atomic E-state index is 11.6. The average molecular weight is 268 g/mol. The molecule has 0 radical (unpaired) electrons. The molecule has 0 aromatic carbocycles. The summed E-state index contributed by atoms with van der Waals surface area (Å²) in [7, 11) is 0. The summed E-state index contributed by atoms with van der Waals surface area (Å²) in [6.45, 7) is 6.86. The van der Waals surface area contributed by atoms with Crippen molar-refractivity contribution in [3.8, 4) is 0 Å². The van der Waals surface area contributed by atoms with Crippen LogP contribution in [0.5, 0.6) is 0 Å². The fourth-order valence-corrected chi connectivity index (χ4v) is 1.43. The van der Waals surface area contributed by atoms with Gasteiger partial charge in [-0.15, -0.1) is 0 Å². The third-order valence-electron chi connectivity index (χ3n) is 2.10. The van der Waals surface area contributed by atoms with Gasteiger partial charge in [-0.3, -0.25) is 5.10 Å². The summed E-state index contributed by atoms with van der Waals surface area (Å²) >= 11 is 0. The summed E-state index contributed by atoms with van der Waals surface area (Å²) < 4.78 is 9.85. The minimum absolute atomic E-state index is 0.173. The van der Waals surface area contributed by atoms with Crippen molar-refractivity contribution in [3.05, 3.63) is 17.5 Å². The van der Waals surface area contributed by atoms with E-state index < -0.39 is 24.1 Å². The third kappa shape index (κ3) is 5.54. The second-order valence-electron chi connectivity index (χ2n) is 5.19. The van der Waals surface area contributed by atoms with E-state index in [1.54, 1.807) is 26.8 Å². The number of hydrogen-bond acceptors (Lipinski definition) is 5. The lowest BCUT2D eigenvalue weighted by Gasteiger charge is -2.19. The molecule has 0 bridgehead atoms. The van der Waals surface area contributed by atoms with Crippen LogP contribution in [0.1, 0.15) is 50.3 Å². The van der Waals surface area contributed by atoms with Crippen molar-refractivity contribution in [2.75, 3.05) is 6.61 Å². The van der Waals surface area contributed by atoms with E-state index in [1.807, 2.05) is 6.92 Å². The highest BCUT2D eigenvalue weighted by Gasteiger charge is 2.19. The molecule has 1 heterocycles. The molecule has 1 aromatic heterocycles. The van der Waals surface area contributed by atoms with Gasteiger partial charge in [0, 0.05) is 5.69 Å². The van der Waals surface area contributed by atoms with E-state index in [-0.39, 0.29) is 5.69 Å². The third-order valence-corrected chi connectivity index (χ3v) is 2.10. The predicted octanol–water partition coefficient (Wildman–Crippen LogP) is 1.86. The molecule has 19 heavy (non-hydrogen) atoms. The number of rotatable bonds is 5. The summed E-state index contributed by atoms with van der Waals surface area (Å²) in [4.78, 5) is 23.0. The van der Waals surface area contributed by atoms with Crippen LogP contribution in [0.2, 0.25) is 0 Å². The molecule has 0 aliphatic carbocycles. The molecule has 1 rings (SSSR count). The lowest BCUT2D eigenvalue weighted by Crippen LogP contribution is -2.27. The fourth-order valence-electron chi connectivity index (χ4n) is 1.43. The van der Waals surface area contributed by atoms with E-state index in [0.717, 1.165) is 18.5 Å². The number of aromatic amines is 1. The highest BCUT2D eigenvalue weighted by atomic mass is 16.6. The Balaban J connectivity index is 2.44. The van der Waals surface area contributed by atoms with Gasteiger partial charge in [0.2, 0.25) is 0 Å². The molecular weight excluding hydrogens is 248 g/mol. The number of H-pyrrole nitrogens is 1. The highest BCUT2D eigenvalue weighted by molar-refractivity contribution is 5.88. The van der Waals surface area contributed by atoms with E-state index in [0.29, 0.717) is 0 Å². The minimum Gasteiger partial charge on any atom is -0.457 e. The van der Waals surface area contributed by atoms with Crippen LogP contribution in [0.15, 0.2) is 6.07 Å². The molecular formula is C13H20N2O4. The summed E-state index contributed by atoms with van der Waals surface area (Å²) in [5, 5.41) is 6.58. The van der Waals surface area contributed by atoms with Crippen LogP contribution in [0.3, 0.4) is 0 Å². The molecule has 106 valence electrons. The van der Waals surface area contributed by atoms with E-state index >= 15 is 0 Å². The lowest BCUT2D eigenvalue weighted by molar-refractivity contribution is -0.158. The zero-order chi connectivity index (χ0) is 14.5. The molecule has 0 fully saturated rings. The Hall–Kier alpha value is -1.85. The van der Waals surface area contributed by atoms with Gasteiger partial charge in [-0.05, 0) is 33.3 Å². The van der Waals surface area contributed by atoms with Gasteiger partial charge < -0.3 is 9.47 Å². The van der Waals surface area contributed by atoms with Crippen LogP contribution < -0.4 is 0 Å². The molecule has 0 aliphatic heterocycles. The zero-order valence-electron chi connectivity index (χ0n) is 11.8. The van der Waals surface area contributed by atoms with Crippen molar-refractivity contribution in [3.63, 3.8) is 0 Å². The minimum atomic E-state index is -0.635. The average Bonchev–Trinajstić information content (AvgIpc) is 2.73. The number of carbonyl (C=O) groups excluding carboxylic acids is 2. The van der Waals surface area contributed by atoms with Crippen LogP contribution in [0.4, 0.5) is 0 Å². The second kappa shape index (κ2) is 6.36. The van der Waals surface area contributed by atoms with Crippen LogP contribution in [-0.4, -0.2) is 34.3 Å². The first kappa shape index (κ1) is 15.2. The SMILES string of the molecule is CCCc1cc(C(=O)OCC(=O)OC(C)(C)C)n[nH]1. The first-order valence-electron chi connectivity index (χ1n) is 6.25. The zero-order valence-corrected chi connectivity index (χ0v) is 11.8. The number of aryl methyl sites for hydroxylation is 1. The van der Waals surface area contributed by atoms with Crippen LogP contribution in [0, 0.1) is 0 Å². The maximum absolute atomic E-state index is 11.6. The van der Waals surface area contributed by atoms with Gasteiger partial charge in [0.15, 0.2) is 12.3 Å². The van der Waals surface area contributed by atoms with E-state index in [2.05, 4.69) is 10.2 Å². The fraction of sp³-hybridized carbons (Fsp3) is 0.615. The Bertz CT molecular complexity index is 446. The van der Waals surface area contributed by atoms with Gasteiger partial charge in [-0.1, -0.05) is 13.3 Å². The normalized spacial score (nSPS) is 11.2. The quantitative estimate of drug-likeness (QED) is 0.824. The molecule has 6 nitrogen and oxygen atoms in total. The number of nitrogens with one attached hydrogen (secondary N) is 1. The van der Waals surface area contributed by atoms with Crippen molar-refractivity contribution in [1.29, 1.82) is 0 Å². The van der Waals surface area contributed by atoms with Crippen molar-refractivity contribution in [2.24, 2.45) is 0 Å². The Labute approximate surface area is 112 Å². The molecule has 0 spiro atoms. The number of esters is 2. The molecule has 0 amide bonds. The van der Waals surface area contributed by atoms with Crippen molar-refractivity contribution >= 4 is 11.9 Å². The molecule has 0 unspecified atom stereocenters. The number of nitrogens with zero attached hydrogens (tertiary/aromatic N) is 1. The van der Waals surface area contributed by atoms with Crippen molar-refractivity contribution in [2.45, 2.75) is 46.1 Å². The van der Waals surface area contributed by atoms with Gasteiger partial charge in [-0.2, -0.15) is 5.10 Å². The second-order valence-corrected chi connectivity index (χ2v) is 5.19. The first-order chi connectivity index (χ1) is 8.81. The van der Waals surface area contributed by atoms with Gasteiger partial charge in [-0.25, -0.2) is 9.59 Å². The van der Waals surface area contributed by atoms with Crippen LogP contribution >= 0.6 is 0 Å². The number of aromatic nitrogens is 2. The largest absolute Gasteiger partial charge is 0.457 e. The molecule has 0 atom stereocenters. The van der Waals surface area contributed by atoms with Crippen molar-refractivity contribution < 1.29 is 19.1 Å². The van der Waals surface area contributed by atoms with Crippen LogP contribution in [0.25, 0.3) is 0 Å². The summed E-state index contributed by atoms with van der Waals surface area (Å²) in [5.74, 6) is -1.21. The Kier molecular flexibility index (Phi) is 5.09. The lowest BCUT2D eigenvalue weighted by atomic mass is 10.2. The summed E-state index contributed by atoms with van der Waals surface area (Å²) in [6.07, 6.45) is 1.76. The van der Waals surface area contributed by atoms with Gasteiger partial charge >= 0.3 is 11.9 Å². The van der Waals surface area contributed by atoms with E-state index in [4.69, 9.17) is 9.47 Å². The number of hydrogen-bond donors (Lipinski definition) is 1. The molecule has 1 aromatic rings. The van der Waals surface area contributed by atoms with Crippen molar-refractivity contribution in [1.82, 2.24) is 10.2 Å². The maximum Gasteiger partial charge on any atom is 0.359 e. The topological polar surface area (TPSA) is 81.3 Å². The number of carbonyl (C=O) groups is 2. The van der Waals surface area contributed by atoms with Gasteiger partial charge in [0.1, 0.15) is 5.60 Å². The van der Waals surface area contributed by atoms with E-state index in [9.17, 15) is 9.59 Å². The molecule has 0 saturated carbocycles. The Morgan fingerprint density at radius 1 is 1.37 bits per heavy atom. The summed E-state index contributed by atoms with van der Waals surface area (Å²) in [6, 6.07) is 1.63. The molecule has 0 aliphatic rings. The highest BCUT2D eigenvalue weighted by Crippen LogP contribution is 2.08. The Morgan fingerprint density at radius 3 is 2.63 bits per heavy atom. The predicted molar refractivity (Wildman–Crippen MR) is 68.7 cm³/mol. The summed E-state index contributed by atoms with van der Waals surface area (Å²) in [5.41, 5.74) is 0.447. The van der Waals surface area contributed by atoms with Crippen LogP contribution in [-0.2, 0) is 20.7 Å². The molecule has 0 saturated heterocycles. The molecule has 1 N–H and O–H groups in total. The first-order valence-corrected chi connectivity index (χ1v) is 6.25. The monoisotopic (exact) mass is 268 g/mol. The van der Waals surface area contributed by atoms with E-state index in [1.165, 1.54) is 0 Å².